The highest BCUT2D eigenvalue weighted by atomic mass is 16.3. The molecule has 0 radical (unpaired) electrons. The molecule has 2 N–H and O–H groups in total. The first kappa shape index (κ1) is 16.7. The lowest BCUT2D eigenvalue weighted by atomic mass is 9.87. The topological polar surface area (TPSA) is 64.0 Å². The van der Waals surface area contributed by atoms with Crippen LogP contribution < -0.4 is 0 Å². The quantitative estimate of drug-likeness (QED) is 0.807. The first-order chi connectivity index (χ1) is 9.85. The molecule has 0 bridgehead atoms. The molecule has 2 fully saturated rings. The Bertz CT molecular complexity index is 369. The molecular weight excluding hydrogens is 268 g/mol. The van der Waals surface area contributed by atoms with Gasteiger partial charge in [0.1, 0.15) is 0 Å². The average molecular weight is 298 g/mol. The molecular formula is C16H30N2O3. The van der Waals surface area contributed by atoms with Crippen LogP contribution in [-0.2, 0) is 4.79 Å². The maximum Gasteiger partial charge on any atom is 0.236 e. The Hall–Kier alpha value is -0.650. The Morgan fingerprint density at radius 3 is 2.52 bits per heavy atom. The highest BCUT2D eigenvalue weighted by molar-refractivity contribution is 5.78. The minimum absolute atomic E-state index is 0.0258. The molecule has 21 heavy (non-hydrogen) atoms. The molecule has 1 aliphatic heterocycles. The van der Waals surface area contributed by atoms with Gasteiger partial charge in [0.2, 0.25) is 5.91 Å². The number of β-amino-alcohol motifs (C(OH)–C–C–N with tert-alkyl or cyclic N) is 1. The molecule has 1 saturated carbocycles. The standard InChI is InChI=1S/C16H30N2O3/c1-12-4-6-13(7-5-12)17(3)15(21)10-18-9-14(20)8-16(18,2)11-19/h12-14,19-20H,4-11H2,1-3H3/t12?,13?,14-,16+/m1/s1. The van der Waals surface area contributed by atoms with Crippen molar-refractivity contribution in [2.24, 2.45) is 5.92 Å². The predicted molar refractivity (Wildman–Crippen MR) is 81.9 cm³/mol. The van der Waals surface area contributed by atoms with Crippen molar-refractivity contribution >= 4 is 5.91 Å². The summed E-state index contributed by atoms with van der Waals surface area (Å²) in [7, 11) is 1.89. The van der Waals surface area contributed by atoms with Crippen molar-refractivity contribution in [3.8, 4) is 0 Å². The summed E-state index contributed by atoms with van der Waals surface area (Å²) in [6.07, 6.45) is 4.64. The molecule has 5 heteroatoms. The second-order valence-corrected chi connectivity index (χ2v) is 7.31. The molecule has 0 unspecified atom stereocenters. The predicted octanol–water partition coefficient (Wildman–Crippen LogP) is 0.841. The number of amides is 1. The van der Waals surface area contributed by atoms with E-state index >= 15 is 0 Å². The number of nitrogens with zero attached hydrogens (tertiary/aromatic N) is 2. The number of hydrogen-bond donors (Lipinski definition) is 2. The third-order valence-electron chi connectivity index (χ3n) is 5.46. The van der Waals surface area contributed by atoms with Crippen LogP contribution in [0.4, 0.5) is 0 Å². The third kappa shape index (κ3) is 3.76. The van der Waals surface area contributed by atoms with Gasteiger partial charge in [-0.15, -0.1) is 0 Å². The maximum absolute atomic E-state index is 12.5. The Balaban J connectivity index is 1.91. The minimum atomic E-state index is -0.475. The molecule has 122 valence electrons. The van der Waals surface area contributed by atoms with Crippen molar-refractivity contribution in [1.29, 1.82) is 0 Å². The van der Waals surface area contributed by atoms with Crippen LogP contribution in [0.25, 0.3) is 0 Å². The van der Waals surface area contributed by atoms with Crippen molar-refractivity contribution in [3.05, 3.63) is 0 Å². The smallest absolute Gasteiger partial charge is 0.236 e. The molecule has 2 atom stereocenters. The van der Waals surface area contributed by atoms with E-state index in [4.69, 9.17) is 0 Å². The minimum Gasteiger partial charge on any atom is -0.394 e. The molecule has 0 spiro atoms. The number of rotatable bonds is 4. The molecule has 0 aromatic rings. The molecule has 1 amide bonds. The fourth-order valence-electron chi connectivity index (χ4n) is 3.70. The van der Waals surface area contributed by atoms with Gasteiger partial charge >= 0.3 is 0 Å². The average Bonchev–Trinajstić information content (AvgIpc) is 2.74. The van der Waals surface area contributed by atoms with Crippen molar-refractivity contribution in [3.63, 3.8) is 0 Å². The second-order valence-electron chi connectivity index (χ2n) is 7.31. The monoisotopic (exact) mass is 298 g/mol. The number of carbonyl (C=O) groups excluding carboxylic acids is 1. The van der Waals surface area contributed by atoms with E-state index in [9.17, 15) is 15.0 Å². The van der Waals surface area contributed by atoms with E-state index < -0.39 is 11.6 Å². The van der Waals surface area contributed by atoms with Gasteiger partial charge in [-0.25, -0.2) is 0 Å². The van der Waals surface area contributed by atoms with Crippen LogP contribution in [-0.4, -0.2) is 70.3 Å². The summed E-state index contributed by atoms with van der Waals surface area (Å²) in [4.78, 5) is 16.3. The molecule has 1 heterocycles. The van der Waals surface area contributed by atoms with Crippen LogP contribution >= 0.6 is 0 Å². The van der Waals surface area contributed by atoms with Crippen molar-refractivity contribution in [2.75, 3.05) is 26.7 Å². The first-order valence-corrected chi connectivity index (χ1v) is 8.15. The molecule has 0 aromatic carbocycles. The van der Waals surface area contributed by atoms with E-state index in [1.165, 1.54) is 12.8 Å². The Labute approximate surface area is 127 Å². The summed E-state index contributed by atoms with van der Waals surface area (Å²) in [6, 6.07) is 0.349. The Morgan fingerprint density at radius 1 is 1.33 bits per heavy atom. The van der Waals surface area contributed by atoms with Gasteiger partial charge < -0.3 is 15.1 Å². The van der Waals surface area contributed by atoms with Crippen LogP contribution in [0.1, 0.15) is 46.0 Å². The number of likely N-dealkylation sites (N-methyl/N-ethyl adjacent to an activating group) is 1. The number of likely N-dealkylation sites (tertiary alicyclic amines) is 1. The molecule has 1 aliphatic carbocycles. The lowest BCUT2D eigenvalue weighted by Crippen LogP contribution is -2.51. The normalized spacial score (nSPS) is 37.7. The van der Waals surface area contributed by atoms with Gasteiger partial charge in [0.05, 0.1) is 19.3 Å². The SMILES string of the molecule is CC1CCC(N(C)C(=O)CN2C[C@H](O)C[C@@]2(C)CO)CC1. The van der Waals surface area contributed by atoms with E-state index in [0.29, 0.717) is 19.0 Å². The van der Waals surface area contributed by atoms with Gasteiger partial charge in [-0.1, -0.05) is 6.92 Å². The first-order valence-electron chi connectivity index (χ1n) is 8.15. The van der Waals surface area contributed by atoms with Crippen molar-refractivity contribution in [1.82, 2.24) is 9.80 Å². The summed E-state index contributed by atoms with van der Waals surface area (Å²) in [5.74, 6) is 0.875. The van der Waals surface area contributed by atoms with E-state index in [1.54, 1.807) is 0 Å². The van der Waals surface area contributed by atoms with Crippen LogP contribution in [0.15, 0.2) is 0 Å². The zero-order chi connectivity index (χ0) is 15.6. The lowest BCUT2D eigenvalue weighted by molar-refractivity contribution is -0.135. The van der Waals surface area contributed by atoms with E-state index in [-0.39, 0.29) is 19.1 Å². The van der Waals surface area contributed by atoms with Gasteiger partial charge in [-0.3, -0.25) is 9.69 Å². The van der Waals surface area contributed by atoms with Crippen molar-refractivity contribution < 1.29 is 15.0 Å². The van der Waals surface area contributed by atoms with Gasteiger partial charge in [-0.05, 0) is 44.9 Å². The fourth-order valence-corrected chi connectivity index (χ4v) is 3.70. The summed E-state index contributed by atoms with van der Waals surface area (Å²) in [5.41, 5.74) is -0.475. The molecule has 2 aliphatic rings. The third-order valence-corrected chi connectivity index (χ3v) is 5.46. The fraction of sp³-hybridized carbons (Fsp3) is 0.938. The maximum atomic E-state index is 12.5. The van der Waals surface area contributed by atoms with E-state index in [0.717, 1.165) is 18.8 Å². The molecule has 1 saturated heterocycles. The zero-order valence-electron chi connectivity index (χ0n) is 13.6. The van der Waals surface area contributed by atoms with Crippen LogP contribution in [0.2, 0.25) is 0 Å². The van der Waals surface area contributed by atoms with Gasteiger partial charge in [0.25, 0.3) is 0 Å². The lowest BCUT2D eigenvalue weighted by Gasteiger charge is -2.37. The number of hydrogen-bond acceptors (Lipinski definition) is 4. The summed E-state index contributed by atoms with van der Waals surface area (Å²) in [6.45, 7) is 4.92. The summed E-state index contributed by atoms with van der Waals surface area (Å²) in [5, 5.41) is 19.4. The largest absolute Gasteiger partial charge is 0.394 e. The summed E-state index contributed by atoms with van der Waals surface area (Å²) < 4.78 is 0. The highest BCUT2D eigenvalue weighted by Crippen LogP contribution is 2.30. The Kier molecular flexibility index (Phi) is 5.28. The van der Waals surface area contributed by atoms with Crippen LogP contribution in [0.5, 0.6) is 0 Å². The van der Waals surface area contributed by atoms with Gasteiger partial charge in [0.15, 0.2) is 0 Å². The van der Waals surface area contributed by atoms with Gasteiger partial charge in [-0.2, -0.15) is 0 Å². The number of aliphatic hydroxyl groups is 2. The molecule has 0 aromatic heterocycles. The number of carbonyl (C=O) groups is 1. The van der Waals surface area contributed by atoms with E-state index in [2.05, 4.69) is 6.92 Å². The molecule has 5 nitrogen and oxygen atoms in total. The number of aliphatic hydroxyl groups excluding tert-OH is 2. The highest BCUT2D eigenvalue weighted by Gasteiger charge is 2.42. The summed E-state index contributed by atoms with van der Waals surface area (Å²) >= 11 is 0. The Morgan fingerprint density at radius 2 is 1.95 bits per heavy atom. The van der Waals surface area contributed by atoms with Crippen molar-refractivity contribution in [2.45, 2.75) is 63.6 Å². The van der Waals surface area contributed by atoms with Gasteiger partial charge in [0, 0.05) is 25.2 Å². The zero-order valence-corrected chi connectivity index (χ0v) is 13.6. The molecule has 2 rings (SSSR count). The van der Waals surface area contributed by atoms with Crippen LogP contribution in [0, 0.1) is 5.92 Å². The van der Waals surface area contributed by atoms with Crippen LogP contribution in [0.3, 0.4) is 0 Å². The second kappa shape index (κ2) is 6.63. The van der Waals surface area contributed by atoms with E-state index in [1.807, 2.05) is 23.8 Å².